The predicted molar refractivity (Wildman–Crippen MR) is 331 cm³/mol. The van der Waals surface area contributed by atoms with Gasteiger partial charge in [0.1, 0.15) is 46.1 Å². The van der Waals surface area contributed by atoms with Crippen molar-refractivity contribution >= 4 is 58.4 Å². The molecule has 4 aromatic carbocycles. The number of benzene rings is 4. The summed E-state index contributed by atoms with van der Waals surface area (Å²) in [5, 5.41) is 19.7. The Kier molecular flexibility index (Phi) is 16.8. The summed E-state index contributed by atoms with van der Waals surface area (Å²) in [7, 11) is 1.68. The number of hydrogen-bond acceptors (Lipinski definition) is 11. The van der Waals surface area contributed by atoms with Gasteiger partial charge in [0, 0.05) is 85.7 Å². The monoisotopic (exact) mass is 1190 g/mol. The molecule has 0 unspecified atom stereocenters. The molecule has 2 saturated heterocycles. The van der Waals surface area contributed by atoms with Gasteiger partial charge in [-0.1, -0.05) is 93.9 Å². The van der Waals surface area contributed by atoms with Gasteiger partial charge in [0.05, 0.1) is 42.7 Å². The molecule has 3 N–H and O–H groups in total. The van der Waals surface area contributed by atoms with Crippen LogP contribution in [-0.4, -0.2) is 118 Å². The third-order valence-corrected chi connectivity index (χ3v) is 18.5. The molecule has 85 heavy (non-hydrogen) atoms. The molecule has 11 rings (SSSR count). The maximum atomic E-state index is 15.4. The van der Waals surface area contributed by atoms with Crippen LogP contribution in [0.15, 0.2) is 96.1 Å². The Bertz CT molecular complexity index is 3630. The van der Waals surface area contributed by atoms with Crippen LogP contribution in [0.25, 0.3) is 11.1 Å². The van der Waals surface area contributed by atoms with E-state index in [0.717, 1.165) is 92.4 Å². The second kappa shape index (κ2) is 24.1. The van der Waals surface area contributed by atoms with E-state index in [-0.39, 0.29) is 48.9 Å². The number of amides is 4. The van der Waals surface area contributed by atoms with Crippen molar-refractivity contribution in [3.63, 3.8) is 0 Å². The van der Waals surface area contributed by atoms with Crippen LogP contribution in [0.5, 0.6) is 5.75 Å². The Hall–Kier alpha value is -7.52. The van der Waals surface area contributed by atoms with Crippen LogP contribution in [-0.2, 0) is 34.4 Å². The predicted octanol–water partition coefficient (Wildman–Crippen LogP) is 12.0. The molecule has 16 nitrogen and oxygen atoms in total. The first-order valence-electron chi connectivity index (χ1n) is 30.0. The number of urea groups is 1. The highest BCUT2D eigenvalue weighted by Crippen LogP contribution is 2.66. The summed E-state index contributed by atoms with van der Waals surface area (Å²) in [6.07, 6.45) is 9.43. The lowest BCUT2D eigenvalue weighted by Crippen LogP contribution is -2.66. The topological polar surface area (TPSA) is 182 Å². The number of hydrogen-bond donors (Lipinski definition) is 2. The number of unbranched alkanes of at least 4 members (excludes halogenated alkanes) is 5. The molecule has 19 heteroatoms. The van der Waals surface area contributed by atoms with E-state index < -0.39 is 16.9 Å². The van der Waals surface area contributed by atoms with E-state index in [4.69, 9.17) is 43.8 Å². The number of aliphatic imine (C=N–C) groups is 1. The Morgan fingerprint density at radius 3 is 2.35 bits per heavy atom. The summed E-state index contributed by atoms with van der Waals surface area (Å²) in [5.74, 6) is 0.777. The number of nitriles is 1. The third kappa shape index (κ3) is 11.0. The van der Waals surface area contributed by atoms with Gasteiger partial charge in [0.25, 0.3) is 5.91 Å². The second-order valence-corrected chi connectivity index (χ2v) is 25.2. The smallest absolute Gasteiger partial charge is 0.326 e. The normalized spacial score (nSPS) is 20.0. The lowest BCUT2D eigenvalue weighted by molar-refractivity contribution is -0.121. The number of nitrogen functional groups attached to an aromatic ring is 1. The van der Waals surface area contributed by atoms with E-state index in [9.17, 15) is 19.2 Å². The van der Waals surface area contributed by atoms with E-state index in [1.165, 1.54) is 18.2 Å². The zero-order valence-electron chi connectivity index (χ0n) is 49.5. The van der Waals surface area contributed by atoms with Gasteiger partial charge in [0.2, 0.25) is 5.91 Å². The molecule has 0 spiro atoms. The SMILES string of the molecule is CCOc1cc(C(C)(C)C)ccc1C1=N[C@]2(c3ccc(Cl)cc3)c3cc(Cl)ccc3[C@@]2(C)N1C(=O)N1CCN(CCCCCCCCC(=O)NCCn2nc3c(c2C#N)-c2cnc(N)c(c2)N2CCC[C@@H]2c2cc(F)ccc2C(=O)N(C)C3)CC1. The fourth-order valence-electron chi connectivity index (χ4n) is 13.5. The Labute approximate surface area is 507 Å². The second-order valence-electron chi connectivity index (χ2n) is 24.4. The molecule has 4 aliphatic heterocycles. The van der Waals surface area contributed by atoms with Crippen molar-refractivity contribution in [3.8, 4) is 22.9 Å². The first-order valence-corrected chi connectivity index (χ1v) is 30.7. The van der Waals surface area contributed by atoms with Crippen molar-refractivity contribution in [2.24, 2.45) is 4.99 Å². The van der Waals surface area contributed by atoms with Crippen LogP contribution >= 0.6 is 23.2 Å². The molecule has 6 heterocycles. The molecule has 3 atom stereocenters. The zero-order chi connectivity index (χ0) is 60.0. The molecule has 0 radical (unpaired) electrons. The highest BCUT2D eigenvalue weighted by atomic mass is 35.5. The van der Waals surface area contributed by atoms with Crippen molar-refractivity contribution in [2.45, 2.75) is 128 Å². The van der Waals surface area contributed by atoms with E-state index in [0.29, 0.717) is 106 Å². The maximum Gasteiger partial charge on any atom is 0.326 e. The summed E-state index contributed by atoms with van der Waals surface area (Å²) in [6, 6.07) is 28.1. The van der Waals surface area contributed by atoms with Crippen LogP contribution < -0.4 is 20.7 Å². The number of nitrogens with one attached hydrogen (secondary N) is 1. The van der Waals surface area contributed by atoms with Gasteiger partial charge in [-0.2, -0.15) is 10.4 Å². The van der Waals surface area contributed by atoms with Crippen LogP contribution in [0.4, 0.5) is 20.7 Å². The Morgan fingerprint density at radius 2 is 1.61 bits per heavy atom. The molecular weight excluding hydrogens is 1110 g/mol. The number of nitrogens with zero attached hydrogens (tertiary/aromatic N) is 10. The average Bonchev–Trinajstić information content (AvgIpc) is 1.56. The summed E-state index contributed by atoms with van der Waals surface area (Å²) < 4.78 is 22.8. The van der Waals surface area contributed by atoms with Gasteiger partial charge in [-0.15, -0.1) is 0 Å². The standard InChI is InChI=1S/C66H75Cl2FN12O4/c1-7-85-57-36-44(64(2,3)4)19-24-49(57)61-74-66(43-17-20-45(67)21-18-43)52-37-46(68)22-26-51(52)65(66,5)81(61)63(84)78-33-31-77(32-34-78)28-13-11-9-8-10-12-16-58(82)72-27-30-80-56(39-70)59-42-35-55(60(71)73-40-42)79-29-14-15-54(79)50-38-47(69)23-25-48(50)62(83)76(6)41-53(59)75-80/h17-26,35-38,40,54H,7-16,27-34,41H2,1-6H3,(H2,71,73)(H,72,82)/t54-,65-,66-/m1/s1. The highest BCUT2D eigenvalue weighted by Gasteiger charge is 2.71. The molecule has 2 fully saturated rings. The van der Waals surface area contributed by atoms with E-state index >= 15 is 4.79 Å². The zero-order valence-corrected chi connectivity index (χ0v) is 51.0. The van der Waals surface area contributed by atoms with Crippen molar-refractivity contribution < 1.29 is 23.5 Å². The average molecular weight is 1190 g/mol. The number of nitrogens with two attached hydrogens (primary N) is 1. The minimum atomic E-state index is -0.956. The number of carbonyl (C=O) groups excluding carboxylic acids is 3. The van der Waals surface area contributed by atoms with Crippen LogP contribution in [0.2, 0.25) is 10.0 Å². The van der Waals surface area contributed by atoms with Crippen LogP contribution in [0, 0.1) is 17.1 Å². The summed E-state index contributed by atoms with van der Waals surface area (Å²) in [5.41, 5.74) is 12.9. The maximum absolute atomic E-state index is 15.4. The Balaban J connectivity index is 0.670. The van der Waals surface area contributed by atoms with Crippen molar-refractivity contribution in [1.82, 2.24) is 39.7 Å². The van der Waals surface area contributed by atoms with Gasteiger partial charge in [-0.3, -0.25) is 24.1 Å². The van der Waals surface area contributed by atoms with Crippen LogP contribution in [0.1, 0.15) is 154 Å². The molecule has 0 saturated carbocycles. The minimum absolute atomic E-state index is 0.0641. The lowest BCUT2D eigenvalue weighted by atomic mass is 9.54. The van der Waals surface area contributed by atoms with E-state index in [1.54, 1.807) is 22.8 Å². The molecule has 6 aromatic rings. The molecule has 1 aliphatic carbocycles. The van der Waals surface area contributed by atoms with Gasteiger partial charge in [-0.25, -0.2) is 19.2 Å². The number of pyridine rings is 1. The minimum Gasteiger partial charge on any atom is -0.493 e. The third-order valence-electron chi connectivity index (χ3n) is 18.0. The summed E-state index contributed by atoms with van der Waals surface area (Å²) >= 11 is 13.2. The quantitative estimate of drug-likeness (QED) is 0.0885. The van der Waals surface area contributed by atoms with Gasteiger partial charge in [-0.05, 0) is 140 Å². The fourth-order valence-corrected chi connectivity index (χ4v) is 13.8. The first kappa shape index (κ1) is 59.2. The highest BCUT2D eigenvalue weighted by molar-refractivity contribution is 6.31. The number of fused-ring (bicyclic) bond motifs is 12. The number of ether oxygens (including phenoxy) is 1. The van der Waals surface area contributed by atoms with Gasteiger partial charge in [0.15, 0.2) is 0 Å². The van der Waals surface area contributed by atoms with Crippen molar-refractivity contribution in [2.75, 3.05) is 70.1 Å². The fraction of sp³-hybridized carbons (Fsp3) is 0.439. The Morgan fingerprint density at radius 1 is 0.882 bits per heavy atom. The summed E-state index contributed by atoms with van der Waals surface area (Å²) in [4.78, 5) is 62.8. The number of amidine groups is 1. The number of piperazine rings is 1. The molecule has 4 amide bonds. The van der Waals surface area contributed by atoms with Crippen molar-refractivity contribution in [3.05, 3.63) is 157 Å². The molecule has 2 bridgehead atoms. The molecule has 5 aliphatic rings. The van der Waals surface area contributed by atoms with Gasteiger partial charge >= 0.3 is 6.03 Å². The number of carbonyl (C=O) groups is 3. The van der Waals surface area contributed by atoms with Gasteiger partial charge < -0.3 is 30.5 Å². The van der Waals surface area contributed by atoms with Crippen molar-refractivity contribution in [1.29, 1.82) is 5.26 Å². The lowest BCUT2D eigenvalue weighted by Gasteiger charge is -2.56. The molecule has 2 aromatic heterocycles. The molecule has 444 valence electrons. The number of aromatic nitrogens is 3. The van der Waals surface area contributed by atoms with E-state index in [1.807, 2.05) is 65.3 Å². The number of halogens is 3. The van der Waals surface area contributed by atoms with E-state index in [2.05, 4.69) is 72.1 Å². The first-order chi connectivity index (χ1) is 40.9. The summed E-state index contributed by atoms with van der Waals surface area (Å²) in [6.45, 7) is 15.9. The van der Waals surface area contributed by atoms with Crippen LogP contribution in [0.3, 0.4) is 0 Å². The molecular formula is C66H75Cl2FN12O4. The number of anilines is 2. The largest absolute Gasteiger partial charge is 0.493 e. The number of rotatable bonds is 16.